The molecule has 1 heterocycles. The van der Waals surface area contributed by atoms with Gasteiger partial charge in [0.15, 0.2) is 0 Å². The molecule has 0 aliphatic rings. The quantitative estimate of drug-likeness (QED) is 0.897. The highest BCUT2D eigenvalue weighted by Crippen LogP contribution is 2.21. The Morgan fingerprint density at radius 2 is 1.89 bits per heavy atom. The molecule has 94 valence electrons. The third-order valence-corrected chi connectivity index (χ3v) is 2.99. The van der Waals surface area contributed by atoms with E-state index < -0.39 is 0 Å². The molecule has 1 atom stereocenters. The Morgan fingerprint density at radius 1 is 1.11 bits per heavy atom. The molecule has 0 fully saturated rings. The highest BCUT2D eigenvalue weighted by molar-refractivity contribution is 5.40. The molecule has 0 bridgehead atoms. The minimum Gasteiger partial charge on any atom is -0.363 e. The van der Waals surface area contributed by atoms with E-state index in [1.165, 1.54) is 5.56 Å². The zero-order valence-electron chi connectivity index (χ0n) is 11.1. The number of nitrogens with two attached hydrogens (primary N) is 1. The van der Waals surface area contributed by atoms with Crippen LogP contribution in [-0.2, 0) is 0 Å². The van der Waals surface area contributed by atoms with E-state index in [0.717, 1.165) is 16.9 Å². The van der Waals surface area contributed by atoms with Crippen molar-refractivity contribution in [2.75, 3.05) is 19.0 Å². The van der Waals surface area contributed by atoms with Crippen molar-refractivity contribution in [3.63, 3.8) is 0 Å². The van der Waals surface area contributed by atoms with E-state index in [1.54, 1.807) is 0 Å². The molecule has 3 heteroatoms. The number of rotatable bonds is 3. The van der Waals surface area contributed by atoms with E-state index in [9.17, 15) is 0 Å². The molecule has 1 aromatic heterocycles. The topological polar surface area (TPSA) is 42.1 Å². The minimum atomic E-state index is -0.117. The molecule has 0 saturated heterocycles. The molecular formula is C15H19N3. The molecule has 0 saturated carbocycles. The predicted octanol–water partition coefficient (Wildman–Crippen LogP) is 2.50. The number of nitrogens with zero attached hydrogens (tertiary/aromatic N) is 2. The average molecular weight is 241 g/mol. The van der Waals surface area contributed by atoms with Crippen LogP contribution < -0.4 is 10.6 Å². The van der Waals surface area contributed by atoms with Gasteiger partial charge in [-0.2, -0.15) is 0 Å². The molecule has 0 spiro atoms. The van der Waals surface area contributed by atoms with Crippen molar-refractivity contribution in [3.05, 3.63) is 59.3 Å². The van der Waals surface area contributed by atoms with Crippen molar-refractivity contribution in [2.45, 2.75) is 13.0 Å². The SMILES string of the molecule is Cc1cccc(C(N)c2ccc(N(C)C)nc2)c1. The normalized spacial score (nSPS) is 12.2. The molecule has 0 amide bonds. The number of aryl methyl sites for hydroxylation is 1. The van der Waals surface area contributed by atoms with E-state index in [0.29, 0.717) is 0 Å². The monoisotopic (exact) mass is 241 g/mol. The van der Waals surface area contributed by atoms with Crippen LogP contribution in [0.25, 0.3) is 0 Å². The van der Waals surface area contributed by atoms with Gasteiger partial charge in [0.25, 0.3) is 0 Å². The van der Waals surface area contributed by atoms with Crippen LogP contribution in [0.1, 0.15) is 22.7 Å². The zero-order valence-corrected chi connectivity index (χ0v) is 11.1. The van der Waals surface area contributed by atoms with Gasteiger partial charge in [-0.15, -0.1) is 0 Å². The van der Waals surface area contributed by atoms with Gasteiger partial charge < -0.3 is 10.6 Å². The van der Waals surface area contributed by atoms with Gasteiger partial charge in [0.2, 0.25) is 0 Å². The van der Waals surface area contributed by atoms with Crippen LogP contribution >= 0.6 is 0 Å². The van der Waals surface area contributed by atoms with Crippen LogP contribution in [0, 0.1) is 6.92 Å². The molecule has 0 aliphatic heterocycles. The minimum absolute atomic E-state index is 0.117. The fraction of sp³-hybridized carbons (Fsp3) is 0.267. The van der Waals surface area contributed by atoms with Crippen molar-refractivity contribution < 1.29 is 0 Å². The summed E-state index contributed by atoms with van der Waals surface area (Å²) in [5.41, 5.74) is 9.63. The van der Waals surface area contributed by atoms with Gasteiger partial charge in [-0.25, -0.2) is 4.98 Å². The molecule has 1 aromatic carbocycles. The Kier molecular flexibility index (Phi) is 3.63. The molecule has 2 aromatic rings. The Labute approximate surface area is 108 Å². The number of anilines is 1. The van der Waals surface area contributed by atoms with Crippen LogP contribution in [0.15, 0.2) is 42.6 Å². The Hall–Kier alpha value is -1.87. The third-order valence-electron chi connectivity index (χ3n) is 2.99. The molecular weight excluding hydrogens is 222 g/mol. The lowest BCUT2D eigenvalue weighted by Gasteiger charge is -2.15. The molecule has 18 heavy (non-hydrogen) atoms. The Bertz CT molecular complexity index is 518. The highest BCUT2D eigenvalue weighted by atomic mass is 15.1. The van der Waals surface area contributed by atoms with Gasteiger partial charge in [0, 0.05) is 20.3 Å². The van der Waals surface area contributed by atoms with Gasteiger partial charge in [0.1, 0.15) is 5.82 Å². The van der Waals surface area contributed by atoms with Gasteiger partial charge in [0.05, 0.1) is 6.04 Å². The largest absolute Gasteiger partial charge is 0.363 e. The van der Waals surface area contributed by atoms with Gasteiger partial charge in [-0.1, -0.05) is 35.9 Å². The number of aromatic nitrogens is 1. The predicted molar refractivity (Wildman–Crippen MR) is 75.8 cm³/mol. The summed E-state index contributed by atoms with van der Waals surface area (Å²) in [4.78, 5) is 6.37. The van der Waals surface area contributed by atoms with Crippen LogP contribution in [0.2, 0.25) is 0 Å². The molecule has 2 rings (SSSR count). The van der Waals surface area contributed by atoms with Crippen LogP contribution in [0.4, 0.5) is 5.82 Å². The number of hydrogen-bond donors (Lipinski definition) is 1. The molecule has 0 radical (unpaired) electrons. The summed E-state index contributed by atoms with van der Waals surface area (Å²) in [5.74, 6) is 0.940. The van der Waals surface area contributed by atoms with Crippen molar-refractivity contribution >= 4 is 5.82 Å². The number of hydrogen-bond acceptors (Lipinski definition) is 3. The van der Waals surface area contributed by atoms with Gasteiger partial charge >= 0.3 is 0 Å². The third kappa shape index (κ3) is 2.68. The van der Waals surface area contributed by atoms with Crippen molar-refractivity contribution in [1.29, 1.82) is 0 Å². The summed E-state index contributed by atoms with van der Waals surface area (Å²) in [6, 6.07) is 12.2. The number of pyridine rings is 1. The lowest BCUT2D eigenvalue weighted by Crippen LogP contribution is -2.14. The standard InChI is InChI=1S/C15H19N3/c1-11-5-4-6-12(9-11)15(16)13-7-8-14(17-10-13)18(2)3/h4-10,15H,16H2,1-3H3. The van der Waals surface area contributed by atoms with Crippen molar-refractivity contribution in [3.8, 4) is 0 Å². The van der Waals surface area contributed by atoms with Gasteiger partial charge in [-0.05, 0) is 24.1 Å². The van der Waals surface area contributed by atoms with Gasteiger partial charge in [-0.3, -0.25) is 0 Å². The Balaban J connectivity index is 2.26. The average Bonchev–Trinajstić information content (AvgIpc) is 2.38. The zero-order chi connectivity index (χ0) is 13.1. The first-order valence-corrected chi connectivity index (χ1v) is 6.03. The first-order valence-electron chi connectivity index (χ1n) is 6.03. The first-order chi connectivity index (χ1) is 8.58. The van der Waals surface area contributed by atoms with E-state index in [1.807, 2.05) is 43.4 Å². The maximum atomic E-state index is 6.26. The maximum Gasteiger partial charge on any atom is 0.127 e. The molecule has 1 unspecified atom stereocenters. The lowest BCUT2D eigenvalue weighted by atomic mass is 9.99. The summed E-state index contributed by atoms with van der Waals surface area (Å²) < 4.78 is 0. The van der Waals surface area contributed by atoms with Crippen LogP contribution in [0.3, 0.4) is 0 Å². The first kappa shape index (κ1) is 12.6. The molecule has 0 aliphatic carbocycles. The summed E-state index contributed by atoms with van der Waals surface area (Å²) in [7, 11) is 3.95. The summed E-state index contributed by atoms with van der Waals surface area (Å²) in [5, 5.41) is 0. The second-order valence-corrected chi connectivity index (χ2v) is 4.74. The van der Waals surface area contributed by atoms with Crippen molar-refractivity contribution in [1.82, 2.24) is 4.98 Å². The molecule has 3 nitrogen and oxygen atoms in total. The highest BCUT2D eigenvalue weighted by Gasteiger charge is 2.09. The van der Waals surface area contributed by atoms with Crippen LogP contribution in [0.5, 0.6) is 0 Å². The Morgan fingerprint density at radius 3 is 2.44 bits per heavy atom. The fourth-order valence-electron chi connectivity index (χ4n) is 1.90. The smallest absolute Gasteiger partial charge is 0.127 e. The second kappa shape index (κ2) is 5.19. The lowest BCUT2D eigenvalue weighted by molar-refractivity contribution is 0.859. The summed E-state index contributed by atoms with van der Waals surface area (Å²) in [6.07, 6.45) is 1.85. The van der Waals surface area contributed by atoms with E-state index in [4.69, 9.17) is 5.73 Å². The van der Waals surface area contributed by atoms with E-state index >= 15 is 0 Å². The van der Waals surface area contributed by atoms with Crippen LogP contribution in [-0.4, -0.2) is 19.1 Å². The molecule has 2 N–H and O–H groups in total. The summed E-state index contributed by atoms with van der Waals surface area (Å²) in [6.45, 7) is 2.07. The van der Waals surface area contributed by atoms with E-state index in [-0.39, 0.29) is 6.04 Å². The van der Waals surface area contributed by atoms with Crippen molar-refractivity contribution in [2.24, 2.45) is 5.73 Å². The number of benzene rings is 1. The fourth-order valence-corrected chi connectivity index (χ4v) is 1.90. The second-order valence-electron chi connectivity index (χ2n) is 4.74. The maximum absolute atomic E-state index is 6.26. The van der Waals surface area contributed by atoms with E-state index in [2.05, 4.69) is 30.1 Å². The summed E-state index contributed by atoms with van der Waals surface area (Å²) >= 11 is 0.